The molecule has 0 spiro atoms. The van der Waals surface area contributed by atoms with E-state index in [1.54, 1.807) is 24.4 Å². The number of pyridine rings is 1. The SMILES string of the molecule is CC(C)Oc1ncccc1CNC(=O)c1ccc(Br)cc1O. The van der Waals surface area contributed by atoms with Crippen molar-refractivity contribution in [3.8, 4) is 11.6 Å². The molecular weight excluding hydrogens is 348 g/mol. The quantitative estimate of drug-likeness (QED) is 0.853. The predicted molar refractivity (Wildman–Crippen MR) is 87.0 cm³/mol. The van der Waals surface area contributed by atoms with Crippen molar-refractivity contribution in [1.29, 1.82) is 0 Å². The topological polar surface area (TPSA) is 71.5 Å². The van der Waals surface area contributed by atoms with Gasteiger partial charge < -0.3 is 15.2 Å². The van der Waals surface area contributed by atoms with Crippen LogP contribution in [-0.2, 0) is 6.54 Å². The van der Waals surface area contributed by atoms with Gasteiger partial charge in [0, 0.05) is 22.8 Å². The molecule has 1 heterocycles. The molecule has 0 fully saturated rings. The lowest BCUT2D eigenvalue weighted by molar-refractivity contribution is 0.0947. The Labute approximate surface area is 137 Å². The number of carbonyl (C=O) groups is 1. The van der Waals surface area contributed by atoms with Gasteiger partial charge in [-0.05, 0) is 38.1 Å². The minimum Gasteiger partial charge on any atom is -0.507 e. The predicted octanol–water partition coefficient (Wildman–Crippen LogP) is 3.27. The summed E-state index contributed by atoms with van der Waals surface area (Å²) in [6.07, 6.45) is 1.64. The second kappa shape index (κ2) is 7.26. The van der Waals surface area contributed by atoms with Gasteiger partial charge in [-0.1, -0.05) is 22.0 Å². The van der Waals surface area contributed by atoms with E-state index in [2.05, 4.69) is 26.2 Å². The summed E-state index contributed by atoms with van der Waals surface area (Å²) in [5.74, 6) is 0.0684. The summed E-state index contributed by atoms with van der Waals surface area (Å²) in [5, 5.41) is 12.6. The Morgan fingerprint density at radius 3 is 2.86 bits per heavy atom. The maximum atomic E-state index is 12.1. The Balaban J connectivity index is 2.08. The van der Waals surface area contributed by atoms with Gasteiger partial charge >= 0.3 is 0 Å². The van der Waals surface area contributed by atoms with E-state index < -0.39 is 0 Å². The number of ether oxygens (including phenoxy) is 1. The minimum absolute atomic E-state index is 0.000121. The lowest BCUT2D eigenvalue weighted by atomic mass is 10.2. The van der Waals surface area contributed by atoms with Crippen LogP contribution in [-0.4, -0.2) is 22.1 Å². The number of rotatable bonds is 5. The average Bonchev–Trinajstić information content (AvgIpc) is 2.45. The molecule has 2 aromatic rings. The highest BCUT2D eigenvalue weighted by atomic mass is 79.9. The highest BCUT2D eigenvalue weighted by molar-refractivity contribution is 9.10. The van der Waals surface area contributed by atoms with Crippen LogP contribution in [0.1, 0.15) is 29.8 Å². The molecule has 6 heteroatoms. The number of halogens is 1. The van der Waals surface area contributed by atoms with Crippen LogP contribution >= 0.6 is 15.9 Å². The number of carbonyl (C=O) groups excluding carboxylic acids is 1. The molecule has 2 N–H and O–H groups in total. The summed E-state index contributed by atoms with van der Waals surface area (Å²) in [6, 6.07) is 8.36. The van der Waals surface area contributed by atoms with Crippen LogP contribution < -0.4 is 10.1 Å². The third kappa shape index (κ3) is 4.21. The van der Waals surface area contributed by atoms with Gasteiger partial charge in [0.15, 0.2) is 0 Å². The van der Waals surface area contributed by atoms with Gasteiger partial charge in [-0.2, -0.15) is 0 Å². The number of phenols is 1. The Morgan fingerprint density at radius 1 is 1.41 bits per heavy atom. The Hall–Kier alpha value is -2.08. The van der Waals surface area contributed by atoms with Crippen LogP contribution in [0.2, 0.25) is 0 Å². The number of aromatic nitrogens is 1. The lowest BCUT2D eigenvalue weighted by Gasteiger charge is -2.13. The van der Waals surface area contributed by atoms with Crippen molar-refractivity contribution in [3.63, 3.8) is 0 Å². The molecule has 1 aromatic heterocycles. The molecule has 0 saturated carbocycles. The fourth-order valence-corrected chi connectivity index (χ4v) is 2.20. The summed E-state index contributed by atoms with van der Waals surface area (Å²) >= 11 is 3.24. The van der Waals surface area contributed by atoms with E-state index in [0.29, 0.717) is 10.4 Å². The molecule has 1 amide bonds. The molecule has 0 unspecified atom stereocenters. The van der Waals surface area contributed by atoms with Crippen LogP contribution in [0, 0.1) is 0 Å². The third-order valence-corrected chi connectivity index (χ3v) is 3.33. The molecule has 0 radical (unpaired) electrons. The number of hydrogen-bond acceptors (Lipinski definition) is 4. The molecule has 116 valence electrons. The Bertz CT molecular complexity index is 674. The highest BCUT2D eigenvalue weighted by Gasteiger charge is 2.13. The minimum atomic E-state index is -0.357. The van der Waals surface area contributed by atoms with Gasteiger partial charge in [-0.3, -0.25) is 4.79 Å². The number of nitrogens with zero attached hydrogens (tertiary/aromatic N) is 1. The molecule has 1 aromatic carbocycles. The van der Waals surface area contributed by atoms with Crippen molar-refractivity contribution in [1.82, 2.24) is 10.3 Å². The molecule has 0 aliphatic heterocycles. The van der Waals surface area contributed by atoms with E-state index >= 15 is 0 Å². The Morgan fingerprint density at radius 2 is 2.18 bits per heavy atom. The maximum Gasteiger partial charge on any atom is 0.255 e. The van der Waals surface area contributed by atoms with Gasteiger partial charge in [0.25, 0.3) is 5.91 Å². The van der Waals surface area contributed by atoms with Crippen molar-refractivity contribution < 1.29 is 14.6 Å². The summed E-state index contributed by atoms with van der Waals surface area (Å²) in [5.41, 5.74) is 1.000. The summed E-state index contributed by atoms with van der Waals surface area (Å²) in [4.78, 5) is 16.3. The lowest BCUT2D eigenvalue weighted by Crippen LogP contribution is -2.23. The van der Waals surface area contributed by atoms with Crippen LogP contribution in [0.15, 0.2) is 41.0 Å². The van der Waals surface area contributed by atoms with Gasteiger partial charge in [-0.15, -0.1) is 0 Å². The normalized spacial score (nSPS) is 10.5. The molecule has 5 nitrogen and oxygen atoms in total. The molecule has 0 aliphatic rings. The zero-order valence-electron chi connectivity index (χ0n) is 12.3. The van der Waals surface area contributed by atoms with E-state index in [1.165, 1.54) is 6.07 Å². The number of benzene rings is 1. The fraction of sp³-hybridized carbons (Fsp3) is 0.250. The molecule has 22 heavy (non-hydrogen) atoms. The molecule has 0 atom stereocenters. The van der Waals surface area contributed by atoms with E-state index in [-0.39, 0.29) is 29.9 Å². The smallest absolute Gasteiger partial charge is 0.255 e. The zero-order valence-corrected chi connectivity index (χ0v) is 13.9. The number of amides is 1. The average molecular weight is 365 g/mol. The number of aromatic hydroxyl groups is 1. The number of hydrogen-bond donors (Lipinski definition) is 2. The first kappa shape index (κ1) is 16.3. The van der Waals surface area contributed by atoms with Gasteiger partial charge in [-0.25, -0.2) is 4.98 Å². The maximum absolute atomic E-state index is 12.1. The number of nitrogens with one attached hydrogen (secondary N) is 1. The fourth-order valence-electron chi connectivity index (χ4n) is 1.86. The summed E-state index contributed by atoms with van der Waals surface area (Å²) < 4.78 is 6.31. The van der Waals surface area contributed by atoms with E-state index in [1.807, 2.05) is 19.9 Å². The van der Waals surface area contributed by atoms with Crippen LogP contribution in [0.5, 0.6) is 11.6 Å². The second-order valence-corrected chi connectivity index (χ2v) is 5.89. The van der Waals surface area contributed by atoms with E-state index in [0.717, 1.165) is 5.56 Å². The molecule has 0 saturated heterocycles. The molecule has 0 bridgehead atoms. The van der Waals surface area contributed by atoms with E-state index in [9.17, 15) is 9.90 Å². The van der Waals surface area contributed by atoms with Gasteiger partial charge in [0.05, 0.1) is 11.7 Å². The third-order valence-electron chi connectivity index (χ3n) is 2.84. The van der Waals surface area contributed by atoms with Crippen LogP contribution in [0.4, 0.5) is 0 Å². The molecule has 2 rings (SSSR count). The number of phenolic OH excluding ortho intramolecular Hbond substituents is 1. The van der Waals surface area contributed by atoms with Gasteiger partial charge in [0.1, 0.15) is 5.75 Å². The van der Waals surface area contributed by atoms with Crippen molar-refractivity contribution in [3.05, 3.63) is 52.1 Å². The molecule has 0 aliphatic carbocycles. The van der Waals surface area contributed by atoms with Crippen molar-refractivity contribution in [2.75, 3.05) is 0 Å². The summed E-state index contributed by atoms with van der Waals surface area (Å²) in [6.45, 7) is 4.10. The standard InChI is InChI=1S/C16H17BrN2O3/c1-10(2)22-16-11(4-3-7-18-16)9-19-15(21)13-6-5-12(17)8-14(13)20/h3-8,10,20H,9H2,1-2H3,(H,19,21). The van der Waals surface area contributed by atoms with Crippen LogP contribution in [0.25, 0.3) is 0 Å². The summed E-state index contributed by atoms with van der Waals surface area (Å²) in [7, 11) is 0. The first-order valence-electron chi connectivity index (χ1n) is 6.84. The molecular formula is C16H17BrN2O3. The van der Waals surface area contributed by atoms with Crippen molar-refractivity contribution in [2.45, 2.75) is 26.5 Å². The Kier molecular flexibility index (Phi) is 5.38. The van der Waals surface area contributed by atoms with E-state index in [4.69, 9.17) is 4.74 Å². The zero-order chi connectivity index (χ0) is 16.1. The largest absolute Gasteiger partial charge is 0.507 e. The van der Waals surface area contributed by atoms with Crippen molar-refractivity contribution in [2.24, 2.45) is 0 Å². The van der Waals surface area contributed by atoms with Gasteiger partial charge in [0.2, 0.25) is 5.88 Å². The first-order valence-corrected chi connectivity index (χ1v) is 7.64. The highest BCUT2D eigenvalue weighted by Crippen LogP contribution is 2.22. The van der Waals surface area contributed by atoms with Crippen LogP contribution in [0.3, 0.4) is 0 Å². The first-order chi connectivity index (χ1) is 10.5. The second-order valence-electron chi connectivity index (χ2n) is 4.98. The van der Waals surface area contributed by atoms with Crippen molar-refractivity contribution >= 4 is 21.8 Å². The monoisotopic (exact) mass is 364 g/mol.